The highest BCUT2D eigenvalue weighted by atomic mass is 19.1. The summed E-state index contributed by atoms with van der Waals surface area (Å²) in [5, 5.41) is 5.53. The number of nitrogens with one attached hydrogen (secondary N) is 2. The highest BCUT2D eigenvalue weighted by Gasteiger charge is 2.09. The van der Waals surface area contributed by atoms with E-state index in [0.717, 1.165) is 11.1 Å². The third-order valence-corrected chi connectivity index (χ3v) is 3.24. The molecule has 1 atom stereocenters. The van der Waals surface area contributed by atoms with Crippen molar-refractivity contribution in [1.29, 1.82) is 0 Å². The van der Waals surface area contributed by atoms with Crippen LogP contribution in [0.2, 0.25) is 0 Å². The topological polar surface area (TPSA) is 54.0 Å². The van der Waals surface area contributed by atoms with Crippen LogP contribution in [0.1, 0.15) is 29.7 Å². The minimum Gasteiger partial charge on any atom is -0.334 e. The highest BCUT2D eigenvalue weighted by Crippen LogP contribution is 2.10. The molecule has 0 aliphatic heterocycles. The van der Waals surface area contributed by atoms with Gasteiger partial charge in [-0.25, -0.2) is 9.18 Å². The first-order valence-corrected chi connectivity index (χ1v) is 6.75. The Morgan fingerprint density at radius 3 is 2.67 bits per heavy atom. The number of amides is 2. The summed E-state index contributed by atoms with van der Waals surface area (Å²) < 4.78 is 13.4. The van der Waals surface area contributed by atoms with E-state index in [1.165, 1.54) is 6.07 Å². The minimum absolute atomic E-state index is 0.122. The first-order valence-electron chi connectivity index (χ1n) is 6.75. The number of pyridine rings is 1. The molecular weight excluding hydrogens is 269 g/mol. The van der Waals surface area contributed by atoms with Gasteiger partial charge in [-0.05, 0) is 48.7 Å². The quantitative estimate of drug-likeness (QED) is 0.908. The van der Waals surface area contributed by atoms with E-state index < -0.39 is 0 Å². The maximum Gasteiger partial charge on any atom is 0.315 e. The van der Waals surface area contributed by atoms with E-state index in [0.29, 0.717) is 5.56 Å². The van der Waals surface area contributed by atoms with E-state index in [1.807, 2.05) is 19.1 Å². The van der Waals surface area contributed by atoms with Crippen LogP contribution >= 0.6 is 0 Å². The Morgan fingerprint density at radius 1 is 1.29 bits per heavy atom. The maximum atomic E-state index is 13.4. The maximum absolute atomic E-state index is 13.4. The lowest BCUT2D eigenvalue weighted by Gasteiger charge is -2.15. The Morgan fingerprint density at radius 2 is 2.00 bits per heavy atom. The van der Waals surface area contributed by atoms with Crippen molar-refractivity contribution >= 4 is 6.03 Å². The van der Waals surface area contributed by atoms with Crippen LogP contribution in [-0.4, -0.2) is 11.0 Å². The van der Waals surface area contributed by atoms with Crippen molar-refractivity contribution in [2.24, 2.45) is 0 Å². The predicted octanol–water partition coefficient (Wildman–Crippen LogP) is 3.09. The van der Waals surface area contributed by atoms with Crippen LogP contribution in [0, 0.1) is 12.7 Å². The van der Waals surface area contributed by atoms with E-state index in [4.69, 9.17) is 0 Å². The minimum atomic E-state index is -0.291. The van der Waals surface area contributed by atoms with Gasteiger partial charge in [-0.2, -0.15) is 0 Å². The number of halogens is 1. The molecule has 110 valence electrons. The monoisotopic (exact) mass is 287 g/mol. The number of carbonyl (C=O) groups excluding carboxylic acids is 1. The van der Waals surface area contributed by atoms with Crippen LogP contribution in [0.5, 0.6) is 0 Å². The number of carbonyl (C=O) groups is 1. The zero-order valence-corrected chi connectivity index (χ0v) is 12.1. The van der Waals surface area contributed by atoms with Crippen molar-refractivity contribution in [3.63, 3.8) is 0 Å². The SMILES string of the molecule is Cc1ccc(CNC(=O)NC(C)c2ccncc2)cc1F. The number of aryl methyl sites for hydroxylation is 1. The summed E-state index contributed by atoms with van der Waals surface area (Å²) in [6.07, 6.45) is 3.36. The molecular formula is C16H18FN3O. The number of rotatable bonds is 4. The van der Waals surface area contributed by atoms with Gasteiger partial charge < -0.3 is 10.6 Å². The van der Waals surface area contributed by atoms with Gasteiger partial charge in [0.2, 0.25) is 0 Å². The fourth-order valence-corrected chi connectivity index (χ4v) is 1.91. The molecule has 0 fully saturated rings. The fourth-order valence-electron chi connectivity index (χ4n) is 1.91. The summed E-state index contributed by atoms with van der Waals surface area (Å²) in [5.74, 6) is -0.264. The van der Waals surface area contributed by atoms with E-state index >= 15 is 0 Å². The Hall–Kier alpha value is -2.43. The van der Waals surface area contributed by atoms with Crippen molar-refractivity contribution in [3.8, 4) is 0 Å². The van der Waals surface area contributed by atoms with Crippen LogP contribution in [0.15, 0.2) is 42.7 Å². The summed E-state index contributed by atoms with van der Waals surface area (Å²) in [5.41, 5.74) is 2.29. The number of benzene rings is 1. The van der Waals surface area contributed by atoms with E-state index in [2.05, 4.69) is 15.6 Å². The molecule has 21 heavy (non-hydrogen) atoms. The van der Waals surface area contributed by atoms with Crippen molar-refractivity contribution in [3.05, 3.63) is 65.2 Å². The zero-order chi connectivity index (χ0) is 15.2. The van der Waals surface area contributed by atoms with E-state index in [1.54, 1.807) is 31.5 Å². The van der Waals surface area contributed by atoms with Crippen molar-refractivity contribution in [2.45, 2.75) is 26.4 Å². The lowest BCUT2D eigenvalue weighted by atomic mass is 10.1. The number of hydrogen-bond acceptors (Lipinski definition) is 2. The molecule has 0 spiro atoms. The van der Waals surface area contributed by atoms with Crippen molar-refractivity contribution in [1.82, 2.24) is 15.6 Å². The van der Waals surface area contributed by atoms with Gasteiger partial charge in [-0.3, -0.25) is 4.98 Å². The molecule has 1 unspecified atom stereocenters. The smallest absolute Gasteiger partial charge is 0.315 e. The van der Waals surface area contributed by atoms with E-state index in [9.17, 15) is 9.18 Å². The average Bonchev–Trinajstić information content (AvgIpc) is 2.49. The van der Waals surface area contributed by atoms with Gasteiger partial charge in [0, 0.05) is 18.9 Å². The normalized spacial score (nSPS) is 11.8. The molecule has 0 saturated heterocycles. The van der Waals surface area contributed by atoms with Gasteiger partial charge >= 0.3 is 6.03 Å². The molecule has 0 aliphatic rings. The molecule has 0 radical (unpaired) electrons. The molecule has 2 aromatic rings. The van der Waals surface area contributed by atoms with E-state index in [-0.39, 0.29) is 24.4 Å². The molecule has 0 aliphatic carbocycles. The third kappa shape index (κ3) is 4.27. The van der Waals surface area contributed by atoms with Crippen LogP contribution in [-0.2, 0) is 6.54 Å². The number of hydrogen-bond donors (Lipinski definition) is 2. The van der Waals surface area contributed by atoms with Gasteiger partial charge in [-0.1, -0.05) is 12.1 Å². The van der Waals surface area contributed by atoms with Crippen LogP contribution in [0.4, 0.5) is 9.18 Å². The average molecular weight is 287 g/mol. The van der Waals surface area contributed by atoms with Crippen LogP contribution in [0.25, 0.3) is 0 Å². The summed E-state index contributed by atoms with van der Waals surface area (Å²) in [7, 11) is 0. The third-order valence-electron chi connectivity index (χ3n) is 3.24. The second-order valence-electron chi connectivity index (χ2n) is 4.91. The lowest BCUT2D eigenvalue weighted by Crippen LogP contribution is -2.36. The highest BCUT2D eigenvalue weighted by molar-refractivity contribution is 5.74. The zero-order valence-electron chi connectivity index (χ0n) is 12.1. The standard InChI is InChI=1S/C16H18FN3O/c1-11-3-4-13(9-15(11)17)10-19-16(21)20-12(2)14-5-7-18-8-6-14/h3-9,12H,10H2,1-2H3,(H2,19,20,21). The number of nitrogens with zero attached hydrogens (tertiary/aromatic N) is 1. The van der Waals surface area contributed by atoms with Gasteiger partial charge in [0.1, 0.15) is 5.82 Å². The summed E-state index contributed by atoms with van der Waals surface area (Å²) >= 11 is 0. The summed E-state index contributed by atoms with van der Waals surface area (Å²) in [6.45, 7) is 3.88. The Balaban J connectivity index is 1.86. The first kappa shape index (κ1) is 15.0. The number of urea groups is 1. The van der Waals surface area contributed by atoms with Gasteiger partial charge in [0.25, 0.3) is 0 Å². The Bertz CT molecular complexity index is 616. The summed E-state index contributed by atoms with van der Waals surface area (Å²) in [6, 6.07) is 8.21. The van der Waals surface area contributed by atoms with Crippen molar-refractivity contribution in [2.75, 3.05) is 0 Å². The fraction of sp³-hybridized carbons (Fsp3) is 0.250. The molecule has 4 nitrogen and oxygen atoms in total. The Kier molecular flexibility index (Phi) is 4.87. The molecule has 1 aromatic carbocycles. The molecule has 2 amide bonds. The van der Waals surface area contributed by atoms with Gasteiger partial charge in [-0.15, -0.1) is 0 Å². The second-order valence-corrected chi connectivity index (χ2v) is 4.91. The molecule has 2 N–H and O–H groups in total. The van der Waals surface area contributed by atoms with Crippen molar-refractivity contribution < 1.29 is 9.18 Å². The second kappa shape index (κ2) is 6.83. The van der Waals surface area contributed by atoms with Crippen LogP contribution < -0.4 is 10.6 Å². The predicted molar refractivity (Wildman–Crippen MR) is 79.2 cm³/mol. The number of aromatic nitrogens is 1. The van der Waals surface area contributed by atoms with Gasteiger partial charge in [0.15, 0.2) is 0 Å². The van der Waals surface area contributed by atoms with Crippen LogP contribution in [0.3, 0.4) is 0 Å². The molecule has 1 aromatic heterocycles. The molecule has 0 bridgehead atoms. The Labute approximate surface area is 123 Å². The molecule has 1 heterocycles. The lowest BCUT2D eigenvalue weighted by molar-refractivity contribution is 0.237. The summed E-state index contributed by atoms with van der Waals surface area (Å²) in [4.78, 5) is 15.8. The molecule has 2 rings (SSSR count). The van der Waals surface area contributed by atoms with Gasteiger partial charge in [0.05, 0.1) is 6.04 Å². The molecule has 0 saturated carbocycles. The first-order chi connectivity index (χ1) is 10.1. The molecule has 5 heteroatoms. The largest absolute Gasteiger partial charge is 0.334 e.